The number of allylic oxidation sites excluding steroid dienone is 1. The van der Waals surface area contributed by atoms with Gasteiger partial charge < -0.3 is 15.8 Å². The average molecular weight is 470 g/mol. The van der Waals surface area contributed by atoms with Gasteiger partial charge in [0.05, 0.1) is 17.6 Å². The zero-order chi connectivity index (χ0) is 24.2. The molecule has 1 amide bonds. The highest BCUT2D eigenvalue weighted by Crippen LogP contribution is 2.34. The Bertz CT molecular complexity index is 1340. The fourth-order valence-electron chi connectivity index (χ4n) is 4.30. The SMILES string of the molecule is C/C=C/C(=O)N[C@H]1CC[C@@H](n2nc(-c3ccc(Oc4ccccc4)cc3)c3c(N)ncnc32)CN1. The van der Waals surface area contributed by atoms with E-state index in [0.717, 1.165) is 41.0 Å². The number of para-hydroxylation sites is 1. The molecule has 178 valence electrons. The van der Waals surface area contributed by atoms with Crippen LogP contribution < -0.4 is 21.1 Å². The second-order valence-corrected chi connectivity index (χ2v) is 8.39. The van der Waals surface area contributed by atoms with Crippen LogP contribution in [0.25, 0.3) is 22.3 Å². The molecule has 1 saturated heterocycles. The third kappa shape index (κ3) is 4.85. The number of amides is 1. The van der Waals surface area contributed by atoms with Gasteiger partial charge in [0.15, 0.2) is 5.65 Å². The summed E-state index contributed by atoms with van der Waals surface area (Å²) in [6.07, 6.45) is 6.24. The molecule has 9 heteroatoms. The Morgan fingerprint density at radius 3 is 2.60 bits per heavy atom. The van der Waals surface area contributed by atoms with Crippen LogP contribution in [0.2, 0.25) is 0 Å². The van der Waals surface area contributed by atoms with Crippen molar-refractivity contribution in [1.82, 2.24) is 30.4 Å². The summed E-state index contributed by atoms with van der Waals surface area (Å²) >= 11 is 0. The minimum atomic E-state index is -0.101. The first kappa shape index (κ1) is 22.5. The normalized spacial score (nSPS) is 18.1. The summed E-state index contributed by atoms with van der Waals surface area (Å²) in [4.78, 5) is 20.6. The number of fused-ring (bicyclic) bond motifs is 1. The molecule has 0 bridgehead atoms. The molecule has 1 fully saturated rings. The lowest BCUT2D eigenvalue weighted by molar-refractivity contribution is -0.117. The summed E-state index contributed by atoms with van der Waals surface area (Å²) in [5.41, 5.74) is 8.60. The molecule has 1 aliphatic rings. The molecule has 9 nitrogen and oxygen atoms in total. The van der Waals surface area contributed by atoms with Gasteiger partial charge in [0.25, 0.3) is 0 Å². The molecule has 2 aromatic heterocycles. The van der Waals surface area contributed by atoms with E-state index >= 15 is 0 Å². The molecule has 35 heavy (non-hydrogen) atoms. The minimum absolute atomic E-state index is 0.0658. The van der Waals surface area contributed by atoms with E-state index in [1.54, 1.807) is 6.08 Å². The summed E-state index contributed by atoms with van der Waals surface area (Å²) in [5, 5.41) is 12.0. The predicted octanol–water partition coefficient (Wildman–Crippen LogP) is 3.81. The Kier molecular flexibility index (Phi) is 6.40. The lowest BCUT2D eigenvalue weighted by Gasteiger charge is -2.30. The van der Waals surface area contributed by atoms with Crippen LogP contribution in [0.1, 0.15) is 25.8 Å². The standard InChI is InChI=1S/C26H27N7O2/c1-2-6-22(34)31-21-14-11-18(15-28-21)33-26-23(25(27)29-16-30-26)24(32-33)17-9-12-20(13-10-17)35-19-7-4-3-5-8-19/h2-10,12-13,16,18,21,28H,11,14-15H2,1H3,(H,31,34)(H2,27,29,30)/b6-2+/t18-,21+/m1/s1. The Morgan fingerprint density at radius 1 is 1.11 bits per heavy atom. The number of hydrogen-bond acceptors (Lipinski definition) is 7. The van der Waals surface area contributed by atoms with Crippen LogP contribution in [-0.2, 0) is 4.79 Å². The Hall–Kier alpha value is -4.24. The van der Waals surface area contributed by atoms with Gasteiger partial charge >= 0.3 is 0 Å². The van der Waals surface area contributed by atoms with Gasteiger partial charge in [-0.3, -0.25) is 10.1 Å². The highest BCUT2D eigenvalue weighted by atomic mass is 16.5. The minimum Gasteiger partial charge on any atom is -0.457 e. The van der Waals surface area contributed by atoms with E-state index in [0.29, 0.717) is 18.0 Å². The van der Waals surface area contributed by atoms with Crippen LogP contribution in [0, 0.1) is 0 Å². The molecule has 0 unspecified atom stereocenters. The zero-order valence-electron chi connectivity index (χ0n) is 19.4. The van der Waals surface area contributed by atoms with Gasteiger partial charge in [0.2, 0.25) is 5.91 Å². The Morgan fingerprint density at radius 2 is 1.89 bits per heavy atom. The van der Waals surface area contributed by atoms with Gasteiger partial charge in [-0.15, -0.1) is 0 Å². The van der Waals surface area contributed by atoms with Gasteiger partial charge in [-0.25, -0.2) is 14.6 Å². The van der Waals surface area contributed by atoms with Crippen molar-refractivity contribution >= 4 is 22.8 Å². The quantitative estimate of drug-likeness (QED) is 0.367. The van der Waals surface area contributed by atoms with E-state index in [1.807, 2.05) is 66.2 Å². The zero-order valence-corrected chi connectivity index (χ0v) is 19.4. The maximum Gasteiger partial charge on any atom is 0.244 e. The van der Waals surface area contributed by atoms with Crippen molar-refractivity contribution in [2.45, 2.75) is 32.0 Å². The fourth-order valence-corrected chi connectivity index (χ4v) is 4.30. The van der Waals surface area contributed by atoms with Crippen molar-refractivity contribution in [3.8, 4) is 22.8 Å². The monoisotopic (exact) mass is 469 g/mol. The van der Waals surface area contributed by atoms with Gasteiger partial charge in [0, 0.05) is 12.1 Å². The van der Waals surface area contributed by atoms with E-state index in [-0.39, 0.29) is 18.1 Å². The van der Waals surface area contributed by atoms with Crippen LogP contribution >= 0.6 is 0 Å². The van der Waals surface area contributed by atoms with Crippen LogP contribution in [0.3, 0.4) is 0 Å². The van der Waals surface area contributed by atoms with Crippen LogP contribution in [0.15, 0.2) is 73.1 Å². The van der Waals surface area contributed by atoms with Gasteiger partial charge in [-0.05, 0) is 62.2 Å². The van der Waals surface area contributed by atoms with Crippen molar-refractivity contribution < 1.29 is 9.53 Å². The predicted molar refractivity (Wildman–Crippen MR) is 135 cm³/mol. The summed E-state index contributed by atoms with van der Waals surface area (Å²) in [6.45, 7) is 2.46. The highest BCUT2D eigenvalue weighted by Gasteiger charge is 2.27. The number of nitrogens with two attached hydrogens (primary N) is 1. The number of carbonyl (C=O) groups is 1. The third-order valence-electron chi connectivity index (χ3n) is 5.99. The molecule has 4 aromatic rings. The van der Waals surface area contributed by atoms with Crippen LogP contribution in [-0.4, -0.2) is 38.4 Å². The van der Waals surface area contributed by atoms with Gasteiger partial charge in [0.1, 0.15) is 29.3 Å². The number of rotatable bonds is 6. The van der Waals surface area contributed by atoms with E-state index in [2.05, 4.69) is 20.6 Å². The molecule has 2 aromatic carbocycles. The number of piperidine rings is 1. The number of nitrogens with one attached hydrogen (secondary N) is 2. The first-order valence-corrected chi connectivity index (χ1v) is 11.6. The molecule has 4 N–H and O–H groups in total. The second kappa shape index (κ2) is 9.94. The molecule has 0 saturated carbocycles. The van der Waals surface area contributed by atoms with E-state index < -0.39 is 0 Å². The summed E-state index contributed by atoms with van der Waals surface area (Å²) < 4.78 is 7.84. The van der Waals surface area contributed by atoms with Crippen molar-refractivity contribution in [1.29, 1.82) is 0 Å². The van der Waals surface area contributed by atoms with E-state index in [4.69, 9.17) is 15.6 Å². The average Bonchev–Trinajstić information content (AvgIpc) is 3.27. The molecule has 2 atom stereocenters. The number of ether oxygens (including phenoxy) is 1. The fraction of sp³-hybridized carbons (Fsp3) is 0.231. The van der Waals surface area contributed by atoms with Crippen molar-refractivity contribution in [2.24, 2.45) is 0 Å². The van der Waals surface area contributed by atoms with Crippen molar-refractivity contribution in [2.75, 3.05) is 12.3 Å². The molecule has 1 aliphatic heterocycles. The number of nitrogen functional groups attached to an aromatic ring is 1. The lowest BCUT2D eigenvalue weighted by atomic mass is 10.1. The molecule has 3 heterocycles. The van der Waals surface area contributed by atoms with E-state index in [1.165, 1.54) is 12.4 Å². The number of nitrogens with zero attached hydrogens (tertiary/aromatic N) is 4. The van der Waals surface area contributed by atoms with Gasteiger partial charge in [-0.1, -0.05) is 24.3 Å². The summed E-state index contributed by atoms with van der Waals surface area (Å²) in [7, 11) is 0. The molecule has 5 rings (SSSR count). The third-order valence-corrected chi connectivity index (χ3v) is 5.99. The van der Waals surface area contributed by atoms with Crippen molar-refractivity contribution in [3.05, 3.63) is 73.1 Å². The van der Waals surface area contributed by atoms with E-state index in [9.17, 15) is 4.79 Å². The molecule has 0 spiro atoms. The van der Waals surface area contributed by atoms with Crippen LogP contribution in [0.4, 0.5) is 5.82 Å². The largest absolute Gasteiger partial charge is 0.457 e. The first-order chi connectivity index (χ1) is 17.1. The Labute approximate surface area is 203 Å². The lowest BCUT2D eigenvalue weighted by Crippen LogP contribution is -2.50. The number of anilines is 1. The number of hydrogen-bond donors (Lipinski definition) is 3. The van der Waals surface area contributed by atoms with Gasteiger partial charge in [-0.2, -0.15) is 5.10 Å². The topological polar surface area (TPSA) is 120 Å². The number of benzene rings is 2. The molecule has 0 radical (unpaired) electrons. The summed E-state index contributed by atoms with van der Waals surface area (Å²) in [6, 6.07) is 17.5. The second-order valence-electron chi connectivity index (χ2n) is 8.39. The number of aromatic nitrogens is 4. The molecular formula is C26H27N7O2. The highest BCUT2D eigenvalue weighted by molar-refractivity contribution is 5.98. The Balaban J connectivity index is 1.39. The number of carbonyl (C=O) groups excluding carboxylic acids is 1. The summed E-state index contributed by atoms with van der Waals surface area (Å²) in [5.74, 6) is 1.80. The smallest absolute Gasteiger partial charge is 0.244 e. The molecular weight excluding hydrogens is 442 g/mol. The van der Waals surface area contributed by atoms with Crippen LogP contribution in [0.5, 0.6) is 11.5 Å². The first-order valence-electron chi connectivity index (χ1n) is 11.6. The maximum absolute atomic E-state index is 11.9. The maximum atomic E-state index is 11.9. The molecule has 0 aliphatic carbocycles. The van der Waals surface area contributed by atoms with Crippen molar-refractivity contribution in [3.63, 3.8) is 0 Å².